The summed E-state index contributed by atoms with van der Waals surface area (Å²) in [6, 6.07) is 29.3. The van der Waals surface area contributed by atoms with Crippen LogP contribution in [0.25, 0.3) is 0 Å². The number of likely N-dealkylation sites (N-methyl/N-ethyl adjacent to an activating group) is 1. The number of carbonyl (C=O) groups is 1. The van der Waals surface area contributed by atoms with Gasteiger partial charge in [-0.25, -0.2) is 0 Å². The molecule has 0 bridgehead atoms. The summed E-state index contributed by atoms with van der Waals surface area (Å²) in [7, 11) is 3.98. The molecule has 2 aliphatic heterocycles. The summed E-state index contributed by atoms with van der Waals surface area (Å²) in [4.78, 5) is 23.0. The topological polar surface area (TPSA) is 57.7 Å². The van der Waals surface area contributed by atoms with Gasteiger partial charge in [0.15, 0.2) is 0 Å². The van der Waals surface area contributed by atoms with Crippen molar-refractivity contribution in [2.75, 3.05) is 78.1 Å². The molecule has 6 rings (SSSR count). The molecular weight excluding hydrogens is 612 g/mol. The van der Waals surface area contributed by atoms with Crippen molar-refractivity contribution in [2.45, 2.75) is 44.9 Å². The third-order valence-electron chi connectivity index (χ3n) is 10.0. The van der Waals surface area contributed by atoms with Gasteiger partial charge in [-0.3, -0.25) is 9.69 Å². The highest BCUT2D eigenvalue weighted by atomic mass is 16.5. The van der Waals surface area contributed by atoms with E-state index < -0.39 is 0 Å². The second-order valence-electron chi connectivity index (χ2n) is 13.3. The summed E-state index contributed by atoms with van der Waals surface area (Å²) in [5, 5.41) is 0. The van der Waals surface area contributed by atoms with Crippen LogP contribution in [-0.2, 0) is 38.6 Å². The first-order valence-corrected chi connectivity index (χ1v) is 17.8. The Morgan fingerprint density at radius 1 is 0.755 bits per heavy atom. The summed E-state index contributed by atoms with van der Waals surface area (Å²) in [6.07, 6.45) is 5.37. The first kappa shape index (κ1) is 34.9. The molecule has 3 aromatic rings. The van der Waals surface area contributed by atoms with Crippen molar-refractivity contribution in [1.29, 1.82) is 0 Å². The minimum Gasteiger partial charge on any atom is -0.501 e. The number of anilines is 1. The van der Waals surface area contributed by atoms with Crippen LogP contribution >= 0.6 is 0 Å². The van der Waals surface area contributed by atoms with Gasteiger partial charge in [-0.05, 0) is 59.9 Å². The van der Waals surface area contributed by atoms with E-state index in [1.807, 2.05) is 41.3 Å². The SMILES string of the molecule is COC1=C2CCN(C(=O)Cc3ccc(N(CCOCc4ccccc4)CCOCc4ccccc4)cc3)C=C2C(N2CCN(C)CC2)CC1. The predicted octanol–water partition coefficient (Wildman–Crippen LogP) is 5.90. The van der Waals surface area contributed by atoms with Crippen LogP contribution in [-0.4, -0.2) is 99.8 Å². The number of rotatable bonds is 15. The van der Waals surface area contributed by atoms with Gasteiger partial charge in [-0.2, -0.15) is 0 Å². The van der Waals surface area contributed by atoms with Gasteiger partial charge in [0, 0.05) is 70.2 Å². The smallest absolute Gasteiger partial charge is 0.230 e. The third kappa shape index (κ3) is 9.61. The van der Waals surface area contributed by atoms with E-state index in [0.717, 1.165) is 75.5 Å². The molecule has 1 fully saturated rings. The summed E-state index contributed by atoms with van der Waals surface area (Å²) in [6.45, 7) is 8.85. The van der Waals surface area contributed by atoms with Crippen molar-refractivity contribution in [2.24, 2.45) is 0 Å². The van der Waals surface area contributed by atoms with Crippen molar-refractivity contribution >= 4 is 11.6 Å². The van der Waals surface area contributed by atoms with Gasteiger partial charge in [-0.1, -0.05) is 72.8 Å². The Bertz CT molecular complexity index is 1490. The number of hydrogen-bond donors (Lipinski definition) is 0. The molecule has 0 N–H and O–H groups in total. The van der Waals surface area contributed by atoms with Gasteiger partial charge < -0.3 is 28.9 Å². The fourth-order valence-electron chi connectivity index (χ4n) is 7.13. The molecule has 1 amide bonds. The van der Waals surface area contributed by atoms with Crippen LogP contribution in [0.4, 0.5) is 5.69 Å². The van der Waals surface area contributed by atoms with Crippen molar-refractivity contribution in [3.05, 3.63) is 125 Å². The van der Waals surface area contributed by atoms with Crippen LogP contribution in [0.5, 0.6) is 0 Å². The van der Waals surface area contributed by atoms with Gasteiger partial charge in [-0.15, -0.1) is 0 Å². The highest BCUT2D eigenvalue weighted by Gasteiger charge is 2.35. The molecule has 1 unspecified atom stereocenters. The standard InChI is InChI=1S/C41H52N4O4/c1-42-21-23-44(24-22-42)39-17-18-40(47-2)37-19-20-45(30-38(37)39)41(46)29-33-13-15-36(16-14-33)43(25-27-48-31-34-9-5-3-6-10-34)26-28-49-32-35-11-7-4-8-12-35/h3-16,30,39H,17-29,31-32H2,1-2H3. The maximum Gasteiger partial charge on any atom is 0.230 e. The zero-order chi connectivity index (χ0) is 33.8. The van der Waals surface area contributed by atoms with Gasteiger partial charge in [0.25, 0.3) is 0 Å². The molecule has 49 heavy (non-hydrogen) atoms. The minimum atomic E-state index is 0.140. The number of hydrogen-bond acceptors (Lipinski definition) is 7. The fraction of sp³-hybridized carbons (Fsp3) is 0.439. The van der Waals surface area contributed by atoms with Gasteiger partial charge in [0.05, 0.1) is 45.7 Å². The molecule has 0 saturated carbocycles. The maximum atomic E-state index is 13.7. The summed E-state index contributed by atoms with van der Waals surface area (Å²) in [5.74, 6) is 1.24. The Kier molecular flexibility index (Phi) is 12.6. The van der Waals surface area contributed by atoms with E-state index in [2.05, 4.69) is 76.5 Å². The molecule has 0 radical (unpaired) electrons. The second-order valence-corrected chi connectivity index (χ2v) is 13.3. The Balaban J connectivity index is 1.08. The lowest BCUT2D eigenvalue weighted by molar-refractivity contribution is -0.128. The van der Waals surface area contributed by atoms with E-state index in [-0.39, 0.29) is 5.91 Å². The van der Waals surface area contributed by atoms with Crippen LogP contribution in [0.3, 0.4) is 0 Å². The Morgan fingerprint density at radius 2 is 1.37 bits per heavy atom. The molecule has 2 heterocycles. The number of allylic oxidation sites excluding steroid dienone is 1. The van der Waals surface area contributed by atoms with E-state index >= 15 is 0 Å². The third-order valence-corrected chi connectivity index (χ3v) is 10.0. The quantitative estimate of drug-likeness (QED) is 0.188. The van der Waals surface area contributed by atoms with E-state index in [4.69, 9.17) is 14.2 Å². The minimum absolute atomic E-state index is 0.140. The number of ether oxygens (including phenoxy) is 3. The number of carbonyl (C=O) groups excluding carboxylic acids is 1. The number of benzene rings is 3. The van der Waals surface area contributed by atoms with Crippen LogP contribution in [0.15, 0.2) is 108 Å². The number of fused-ring (bicyclic) bond motifs is 1. The number of nitrogens with zero attached hydrogens (tertiary/aromatic N) is 4. The molecule has 0 aromatic heterocycles. The largest absolute Gasteiger partial charge is 0.501 e. The normalized spacial score (nSPS) is 18.6. The van der Waals surface area contributed by atoms with Crippen LogP contribution in [0, 0.1) is 0 Å². The molecule has 8 nitrogen and oxygen atoms in total. The van der Waals surface area contributed by atoms with Crippen molar-refractivity contribution < 1.29 is 19.0 Å². The first-order valence-electron chi connectivity index (χ1n) is 17.8. The number of methoxy groups -OCH3 is 1. The summed E-state index contributed by atoms with van der Waals surface area (Å²) in [5.41, 5.74) is 7.05. The maximum absolute atomic E-state index is 13.7. The van der Waals surface area contributed by atoms with Crippen LogP contribution in [0.2, 0.25) is 0 Å². The zero-order valence-corrected chi connectivity index (χ0v) is 29.3. The molecule has 1 atom stereocenters. The van der Waals surface area contributed by atoms with E-state index in [1.165, 1.54) is 22.3 Å². The lowest BCUT2D eigenvalue weighted by atomic mass is 9.83. The zero-order valence-electron chi connectivity index (χ0n) is 29.3. The number of amides is 1. The van der Waals surface area contributed by atoms with Crippen LogP contribution < -0.4 is 4.90 Å². The highest BCUT2D eigenvalue weighted by molar-refractivity contribution is 5.80. The molecule has 8 heteroatoms. The first-order chi connectivity index (χ1) is 24.1. The van der Waals surface area contributed by atoms with Crippen LogP contribution in [0.1, 0.15) is 36.0 Å². The second kappa shape index (κ2) is 17.6. The summed E-state index contributed by atoms with van der Waals surface area (Å²) < 4.78 is 17.9. The van der Waals surface area contributed by atoms with Crippen molar-refractivity contribution in [3.63, 3.8) is 0 Å². The summed E-state index contributed by atoms with van der Waals surface area (Å²) >= 11 is 0. The molecule has 3 aromatic carbocycles. The molecule has 0 spiro atoms. The van der Waals surface area contributed by atoms with Crippen molar-refractivity contribution in [3.8, 4) is 0 Å². The predicted molar refractivity (Wildman–Crippen MR) is 195 cm³/mol. The monoisotopic (exact) mass is 664 g/mol. The van der Waals surface area contributed by atoms with Gasteiger partial charge >= 0.3 is 0 Å². The Labute approximate surface area is 292 Å². The average Bonchev–Trinajstić information content (AvgIpc) is 3.15. The fourth-order valence-corrected chi connectivity index (χ4v) is 7.13. The van der Waals surface area contributed by atoms with E-state index in [0.29, 0.717) is 45.4 Å². The molecule has 3 aliphatic rings. The lowest BCUT2D eigenvalue weighted by Gasteiger charge is -2.43. The Morgan fingerprint density at radius 3 is 1.96 bits per heavy atom. The van der Waals surface area contributed by atoms with Gasteiger partial charge in [0.1, 0.15) is 0 Å². The molecule has 1 aliphatic carbocycles. The molecular formula is C41H52N4O4. The molecule has 1 saturated heterocycles. The van der Waals surface area contributed by atoms with Gasteiger partial charge in [0.2, 0.25) is 5.91 Å². The highest BCUT2D eigenvalue weighted by Crippen LogP contribution is 2.38. The average molecular weight is 665 g/mol. The van der Waals surface area contributed by atoms with E-state index in [1.54, 1.807) is 7.11 Å². The molecule has 260 valence electrons. The Hall–Kier alpha value is -3.95. The van der Waals surface area contributed by atoms with E-state index in [9.17, 15) is 4.79 Å². The van der Waals surface area contributed by atoms with Crippen molar-refractivity contribution in [1.82, 2.24) is 14.7 Å². The number of piperazine rings is 1. The lowest BCUT2D eigenvalue weighted by Crippen LogP contribution is -2.51.